The van der Waals surface area contributed by atoms with Gasteiger partial charge in [-0.2, -0.15) is 0 Å². The molecule has 0 radical (unpaired) electrons. The van der Waals surface area contributed by atoms with E-state index in [9.17, 15) is 14.9 Å². The number of carbonyl (C=O) groups excluding carboxylic acids is 1. The molecule has 1 N–H and O–H groups in total. The fourth-order valence-corrected chi connectivity index (χ4v) is 2.41. The highest BCUT2D eigenvalue weighted by Gasteiger charge is 2.17. The quantitative estimate of drug-likeness (QED) is 0.672. The summed E-state index contributed by atoms with van der Waals surface area (Å²) in [5.41, 5.74) is 1.30. The molecule has 2 rings (SSSR count). The molecule has 2 aromatic rings. The molecule has 0 unspecified atom stereocenters. The molecule has 116 valence electrons. The number of rotatable bonds is 5. The maximum atomic E-state index is 12.2. The second-order valence-electron chi connectivity index (χ2n) is 4.88. The van der Waals surface area contributed by atoms with Gasteiger partial charge in [0.25, 0.3) is 5.91 Å². The molecule has 2 aromatic heterocycles. The van der Waals surface area contributed by atoms with Crippen LogP contribution in [0.25, 0.3) is 0 Å². The molecule has 0 saturated carbocycles. The number of nitrogens with zero attached hydrogens (tertiary/aromatic N) is 2. The van der Waals surface area contributed by atoms with E-state index in [4.69, 9.17) is 4.74 Å². The zero-order valence-electron chi connectivity index (χ0n) is 12.3. The van der Waals surface area contributed by atoms with Crippen molar-refractivity contribution in [3.63, 3.8) is 0 Å². The Morgan fingerprint density at radius 2 is 2.18 bits per heavy atom. The van der Waals surface area contributed by atoms with Crippen molar-refractivity contribution in [1.82, 2.24) is 4.98 Å². The Labute approximate surface area is 131 Å². The summed E-state index contributed by atoms with van der Waals surface area (Å²) >= 11 is 0.820. The van der Waals surface area contributed by atoms with Crippen LogP contribution in [0.4, 0.5) is 10.7 Å². The minimum Gasteiger partial charge on any atom is -0.473 e. The number of aryl methyl sites for hydroxylation is 1. The first-order chi connectivity index (χ1) is 10.4. The molecule has 8 heteroatoms. The Balaban J connectivity index is 2.23. The molecule has 0 bridgehead atoms. The van der Waals surface area contributed by atoms with E-state index in [0.717, 1.165) is 16.9 Å². The van der Waals surface area contributed by atoms with Gasteiger partial charge in [0.1, 0.15) is 5.69 Å². The number of hydrogen-bond donors (Lipinski definition) is 1. The number of amides is 1. The van der Waals surface area contributed by atoms with Crippen molar-refractivity contribution >= 4 is 27.9 Å². The van der Waals surface area contributed by atoms with E-state index in [1.165, 1.54) is 12.1 Å². The van der Waals surface area contributed by atoms with Gasteiger partial charge in [-0.15, -0.1) is 0 Å². The van der Waals surface area contributed by atoms with Crippen molar-refractivity contribution in [2.24, 2.45) is 0 Å². The average molecular weight is 321 g/mol. The van der Waals surface area contributed by atoms with Gasteiger partial charge in [-0.25, -0.2) is 4.98 Å². The summed E-state index contributed by atoms with van der Waals surface area (Å²) in [6, 6.07) is 4.47. The van der Waals surface area contributed by atoms with Crippen LogP contribution in [-0.2, 0) is 0 Å². The van der Waals surface area contributed by atoms with Crippen LogP contribution in [0.1, 0.15) is 29.1 Å². The Hall–Kier alpha value is -2.48. The third-order valence-corrected chi connectivity index (χ3v) is 3.61. The molecule has 0 aliphatic heterocycles. The summed E-state index contributed by atoms with van der Waals surface area (Å²) in [6.45, 7) is 5.56. The van der Waals surface area contributed by atoms with E-state index in [-0.39, 0.29) is 16.0 Å². The molecule has 7 nitrogen and oxygen atoms in total. The van der Waals surface area contributed by atoms with Gasteiger partial charge < -0.3 is 10.1 Å². The highest BCUT2D eigenvalue weighted by atomic mass is 32.1. The molecule has 1 amide bonds. The highest BCUT2D eigenvalue weighted by Crippen LogP contribution is 2.27. The predicted molar refractivity (Wildman–Crippen MR) is 83.7 cm³/mol. The molecule has 2 heterocycles. The summed E-state index contributed by atoms with van der Waals surface area (Å²) in [6.07, 6.45) is 1.55. The van der Waals surface area contributed by atoms with E-state index in [1.807, 2.05) is 20.8 Å². The van der Waals surface area contributed by atoms with Gasteiger partial charge in [-0.1, -0.05) is 11.3 Å². The van der Waals surface area contributed by atoms with Crippen molar-refractivity contribution in [3.8, 4) is 5.88 Å². The minimum atomic E-state index is -0.525. The predicted octanol–water partition coefficient (Wildman–Crippen LogP) is 3.40. The van der Waals surface area contributed by atoms with Gasteiger partial charge in [0.2, 0.25) is 5.88 Å². The summed E-state index contributed by atoms with van der Waals surface area (Å²) in [5.74, 6) is -0.112. The third-order valence-electron chi connectivity index (χ3n) is 2.58. The SMILES string of the molecule is Cc1cnc(OC(C)C)c(NC(=O)c2ccc([N+](=O)[O-])s2)c1. The van der Waals surface area contributed by atoms with Gasteiger partial charge in [-0.05, 0) is 38.5 Å². The molecular weight excluding hydrogens is 306 g/mol. The summed E-state index contributed by atoms with van der Waals surface area (Å²) in [7, 11) is 0. The van der Waals surface area contributed by atoms with Crippen LogP contribution < -0.4 is 10.1 Å². The summed E-state index contributed by atoms with van der Waals surface area (Å²) < 4.78 is 5.55. The fraction of sp³-hybridized carbons (Fsp3) is 0.286. The minimum absolute atomic E-state index is 0.0776. The molecule has 22 heavy (non-hydrogen) atoms. The van der Waals surface area contributed by atoms with Crippen LogP contribution in [0.2, 0.25) is 0 Å². The Bertz CT molecular complexity index is 712. The summed E-state index contributed by atoms with van der Waals surface area (Å²) in [4.78, 5) is 26.7. The maximum Gasteiger partial charge on any atom is 0.324 e. The Kier molecular flexibility index (Phi) is 4.71. The van der Waals surface area contributed by atoms with E-state index in [2.05, 4.69) is 10.3 Å². The lowest BCUT2D eigenvalue weighted by atomic mass is 10.3. The molecule has 0 saturated heterocycles. The molecule has 0 fully saturated rings. The van der Waals surface area contributed by atoms with Crippen molar-refractivity contribution in [3.05, 3.63) is 45.0 Å². The van der Waals surface area contributed by atoms with Crippen molar-refractivity contribution < 1.29 is 14.5 Å². The second kappa shape index (κ2) is 6.52. The fourth-order valence-electron chi connectivity index (χ4n) is 1.70. The number of anilines is 1. The standard InChI is InChI=1S/C14H15N3O4S/c1-8(2)21-14-10(6-9(3)7-15-14)16-13(18)11-4-5-12(22-11)17(19)20/h4-8H,1-3H3,(H,16,18). The Morgan fingerprint density at radius 1 is 1.45 bits per heavy atom. The van der Waals surface area contributed by atoms with Crippen LogP contribution in [0.3, 0.4) is 0 Å². The lowest BCUT2D eigenvalue weighted by molar-refractivity contribution is -0.380. The molecule has 0 spiro atoms. The number of pyridine rings is 1. The zero-order valence-corrected chi connectivity index (χ0v) is 13.1. The van der Waals surface area contributed by atoms with E-state index < -0.39 is 10.8 Å². The topological polar surface area (TPSA) is 94.4 Å². The van der Waals surface area contributed by atoms with Crippen molar-refractivity contribution in [1.29, 1.82) is 0 Å². The monoisotopic (exact) mass is 321 g/mol. The van der Waals surface area contributed by atoms with Gasteiger partial charge in [0, 0.05) is 12.3 Å². The highest BCUT2D eigenvalue weighted by molar-refractivity contribution is 7.17. The van der Waals surface area contributed by atoms with Crippen LogP contribution >= 0.6 is 11.3 Å². The van der Waals surface area contributed by atoms with Gasteiger partial charge in [0.15, 0.2) is 0 Å². The molecule has 0 aliphatic rings. The first-order valence-corrected chi connectivity index (χ1v) is 7.37. The number of hydrogen-bond acceptors (Lipinski definition) is 6. The van der Waals surface area contributed by atoms with E-state index >= 15 is 0 Å². The lowest BCUT2D eigenvalue weighted by Gasteiger charge is -2.13. The van der Waals surface area contributed by atoms with Gasteiger partial charge >= 0.3 is 5.00 Å². The van der Waals surface area contributed by atoms with Crippen molar-refractivity contribution in [2.75, 3.05) is 5.32 Å². The summed E-state index contributed by atoms with van der Waals surface area (Å²) in [5, 5.41) is 13.3. The van der Waals surface area contributed by atoms with Gasteiger partial charge in [-0.3, -0.25) is 14.9 Å². The third kappa shape index (κ3) is 3.79. The molecule has 0 atom stereocenters. The largest absolute Gasteiger partial charge is 0.473 e. The number of ether oxygens (including phenoxy) is 1. The van der Waals surface area contributed by atoms with Crippen LogP contribution in [0, 0.1) is 17.0 Å². The molecule has 0 aliphatic carbocycles. The van der Waals surface area contributed by atoms with Crippen LogP contribution in [0.5, 0.6) is 5.88 Å². The normalized spacial score (nSPS) is 10.5. The second-order valence-corrected chi connectivity index (χ2v) is 5.94. The number of aromatic nitrogens is 1. The Morgan fingerprint density at radius 3 is 2.77 bits per heavy atom. The van der Waals surface area contributed by atoms with E-state index in [0.29, 0.717) is 11.6 Å². The first kappa shape index (κ1) is 15.9. The number of nitrogens with one attached hydrogen (secondary N) is 1. The zero-order chi connectivity index (χ0) is 16.3. The molecule has 0 aromatic carbocycles. The van der Waals surface area contributed by atoms with Crippen molar-refractivity contribution in [2.45, 2.75) is 26.9 Å². The number of carbonyl (C=O) groups is 1. The molecular formula is C14H15N3O4S. The van der Waals surface area contributed by atoms with Crippen LogP contribution in [-0.4, -0.2) is 21.9 Å². The average Bonchev–Trinajstić information content (AvgIpc) is 2.91. The smallest absolute Gasteiger partial charge is 0.324 e. The number of thiophene rings is 1. The lowest BCUT2D eigenvalue weighted by Crippen LogP contribution is -2.14. The number of nitro groups is 1. The maximum absolute atomic E-state index is 12.2. The first-order valence-electron chi connectivity index (χ1n) is 6.55. The van der Waals surface area contributed by atoms with Crippen LogP contribution in [0.15, 0.2) is 24.4 Å². The van der Waals surface area contributed by atoms with Gasteiger partial charge in [0.05, 0.1) is 15.9 Å². The van der Waals surface area contributed by atoms with E-state index in [1.54, 1.807) is 12.3 Å².